The minimum atomic E-state index is -0.244. The number of hydrogen-bond acceptors (Lipinski definition) is 3. The predicted octanol–water partition coefficient (Wildman–Crippen LogP) is 4.02. The molecule has 5 heteroatoms. The Morgan fingerprint density at radius 3 is 2.40 bits per heavy atom. The third-order valence-electron chi connectivity index (χ3n) is 4.44. The Hall–Kier alpha value is -2.37. The smallest absolute Gasteiger partial charge is 0.323 e. The number of nitrogens with one attached hydrogen (secondary N) is 3. The molecule has 0 aromatic heterocycles. The van der Waals surface area contributed by atoms with E-state index in [0.717, 1.165) is 37.6 Å². The van der Waals surface area contributed by atoms with E-state index < -0.39 is 0 Å². The van der Waals surface area contributed by atoms with E-state index >= 15 is 0 Å². The summed E-state index contributed by atoms with van der Waals surface area (Å²) in [5, 5.41) is 9.21. The van der Waals surface area contributed by atoms with E-state index in [4.69, 9.17) is 4.74 Å². The van der Waals surface area contributed by atoms with Gasteiger partial charge in [-0.05, 0) is 49.1 Å². The van der Waals surface area contributed by atoms with Crippen LogP contribution in [-0.2, 0) is 4.74 Å². The van der Waals surface area contributed by atoms with Crippen LogP contribution in [0.25, 0.3) is 0 Å². The molecule has 132 valence electrons. The fourth-order valence-electron chi connectivity index (χ4n) is 2.88. The number of benzene rings is 2. The highest BCUT2D eigenvalue weighted by Gasteiger charge is 2.16. The summed E-state index contributed by atoms with van der Waals surface area (Å²) in [6.45, 7) is 4.87. The number of amides is 2. The van der Waals surface area contributed by atoms with Gasteiger partial charge in [0.2, 0.25) is 0 Å². The Morgan fingerprint density at radius 2 is 1.76 bits per heavy atom. The normalized spacial score (nSPS) is 17.9. The molecule has 0 saturated carbocycles. The number of urea groups is 1. The molecule has 25 heavy (non-hydrogen) atoms. The number of carbonyl (C=O) groups excluding carboxylic acids is 1. The Morgan fingerprint density at radius 1 is 1.08 bits per heavy atom. The fourth-order valence-corrected chi connectivity index (χ4v) is 2.88. The molecule has 0 aliphatic carbocycles. The molecule has 1 aliphatic heterocycles. The predicted molar refractivity (Wildman–Crippen MR) is 101 cm³/mol. The largest absolute Gasteiger partial charge is 0.381 e. The molecule has 1 aliphatic rings. The minimum Gasteiger partial charge on any atom is -0.381 e. The summed E-state index contributed by atoms with van der Waals surface area (Å²) in [6.07, 6.45) is 1.14. The second kappa shape index (κ2) is 8.65. The van der Waals surface area contributed by atoms with Crippen molar-refractivity contribution < 1.29 is 9.53 Å². The Bertz CT molecular complexity index is 667. The van der Waals surface area contributed by atoms with Crippen molar-refractivity contribution >= 4 is 17.4 Å². The van der Waals surface area contributed by atoms with Crippen LogP contribution in [-0.4, -0.2) is 25.8 Å². The summed E-state index contributed by atoms with van der Waals surface area (Å²) in [7, 11) is 0. The molecule has 2 aromatic carbocycles. The molecule has 1 heterocycles. The topological polar surface area (TPSA) is 62.4 Å². The average Bonchev–Trinajstić information content (AvgIpc) is 3.14. The fraction of sp³-hybridized carbons (Fsp3) is 0.350. The number of carbonyl (C=O) groups is 1. The Labute approximate surface area is 148 Å². The first-order valence-corrected chi connectivity index (χ1v) is 8.75. The zero-order valence-corrected chi connectivity index (χ0v) is 14.5. The third-order valence-corrected chi connectivity index (χ3v) is 4.44. The van der Waals surface area contributed by atoms with Gasteiger partial charge in [0, 0.05) is 30.6 Å². The van der Waals surface area contributed by atoms with E-state index in [-0.39, 0.29) is 12.1 Å². The highest BCUT2D eigenvalue weighted by atomic mass is 16.5. The number of rotatable bonds is 6. The Kier molecular flexibility index (Phi) is 6.04. The molecule has 0 bridgehead atoms. The van der Waals surface area contributed by atoms with Crippen LogP contribution in [0.3, 0.4) is 0 Å². The monoisotopic (exact) mass is 339 g/mol. The highest BCUT2D eigenvalue weighted by Crippen LogP contribution is 2.18. The van der Waals surface area contributed by atoms with E-state index in [1.165, 1.54) is 5.56 Å². The molecule has 2 atom stereocenters. The molecule has 1 fully saturated rings. The first kappa shape index (κ1) is 17.5. The van der Waals surface area contributed by atoms with Gasteiger partial charge in [-0.3, -0.25) is 0 Å². The zero-order valence-electron chi connectivity index (χ0n) is 14.5. The lowest BCUT2D eigenvalue weighted by Crippen LogP contribution is -2.26. The summed E-state index contributed by atoms with van der Waals surface area (Å²) in [5.41, 5.74) is 2.74. The van der Waals surface area contributed by atoms with Crippen LogP contribution in [0.15, 0.2) is 54.6 Å². The quantitative estimate of drug-likeness (QED) is 0.745. The molecular formula is C20H25N3O2. The van der Waals surface area contributed by atoms with Gasteiger partial charge in [-0.15, -0.1) is 0 Å². The first-order valence-electron chi connectivity index (χ1n) is 8.75. The van der Waals surface area contributed by atoms with Crippen molar-refractivity contribution in [2.75, 3.05) is 30.4 Å². The maximum absolute atomic E-state index is 12.0. The van der Waals surface area contributed by atoms with Crippen molar-refractivity contribution in [3.8, 4) is 0 Å². The van der Waals surface area contributed by atoms with Crippen LogP contribution >= 0.6 is 0 Å². The van der Waals surface area contributed by atoms with Gasteiger partial charge in [0.15, 0.2) is 0 Å². The van der Waals surface area contributed by atoms with Gasteiger partial charge < -0.3 is 20.7 Å². The van der Waals surface area contributed by atoms with Crippen LogP contribution in [0, 0.1) is 5.92 Å². The van der Waals surface area contributed by atoms with Crippen molar-refractivity contribution in [3.05, 3.63) is 60.2 Å². The van der Waals surface area contributed by atoms with Gasteiger partial charge >= 0.3 is 6.03 Å². The van der Waals surface area contributed by atoms with Crippen LogP contribution in [0.5, 0.6) is 0 Å². The summed E-state index contributed by atoms with van der Waals surface area (Å²) in [5.74, 6) is 0.616. The summed E-state index contributed by atoms with van der Waals surface area (Å²) >= 11 is 0. The molecule has 2 amide bonds. The highest BCUT2D eigenvalue weighted by molar-refractivity contribution is 5.99. The molecule has 0 spiro atoms. The Balaban J connectivity index is 1.48. The number of anilines is 2. The van der Waals surface area contributed by atoms with Gasteiger partial charge in [0.1, 0.15) is 0 Å². The molecule has 2 unspecified atom stereocenters. The van der Waals surface area contributed by atoms with E-state index in [9.17, 15) is 4.79 Å². The second-order valence-electron chi connectivity index (χ2n) is 6.43. The zero-order chi connectivity index (χ0) is 17.5. The van der Waals surface area contributed by atoms with Crippen molar-refractivity contribution in [1.82, 2.24) is 5.32 Å². The minimum absolute atomic E-state index is 0.244. The van der Waals surface area contributed by atoms with Crippen LogP contribution in [0.2, 0.25) is 0 Å². The second-order valence-corrected chi connectivity index (χ2v) is 6.43. The van der Waals surface area contributed by atoms with E-state index in [1.54, 1.807) is 0 Å². The van der Waals surface area contributed by atoms with Gasteiger partial charge in [-0.1, -0.05) is 30.3 Å². The number of hydrogen-bond donors (Lipinski definition) is 3. The van der Waals surface area contributed by atoms with E-state index in [2.05, 4.69) is 22.9 Å². The van der Waals surface area contributed by atoms with Crippen LogP contribution in [0.1, 0.15) is 24.9 Å². The number of para-hydroxylation sites is 1. The average molecular weight is 339 g/mol. The lowest BCUT2D eigenvalue weighted by Gasteiger charge is -2.17. The molecule has 2 aromatic rings. The molecular weight excluding hydrogens is 314 g/mol. The molecule has 1 saturated heterocycles. The van der Waals surface area contributed by atoms with Crippen molar-refractivity contribution in [2.45, 2.75) is 19.4 Å². The number of ether oxygens (including phenoxy) is 1. The van der Waals surface area contributed by atoms with E-state index in [0.29, 0.717) is 5.92 Å². The third kappa shape index (κ3) is 5.31. The maximum Gasteiger partial charge on any atom is 0.323 e. The van der Waals surface area contributed by atoms with Crippen molar-refractivity contribution in [1.29, 1.82) is 0 Å². The summed E-state index contributed by atoms with van der Waals surface area (Å²) in [4.78, 5) is 12.0. The summed E-state index contributed by atoms with van der Waals surface area (Å²) < 4.78 is 5.40. The molecule has 5 nitrogen and oxygen atoms in total. The van der Waals surface area contributed by atoms with Crippen LogP contribution in [0.4, 0.5) is 16.2 Å². The maximum atomic E-state index is 12.0. The van der Waals surface area contributed by atoms with Crippen molar-refractivity contribution in [2.24, 2.45) is 5.92 Å². The summed E-state index contributed by atoms with van der Waals surface area (Å²) in [6, 6.07) is 17.4. The van der Waals surface area contributed by atoms with Gasteiger partial charge in [-0.2, -0.15) is 0 Å². The van der Waals surface area contributed by atoms with Gasteiger partial charge in [-0.25, -0.2) is 4.79 Å². The van der Waals surface area contributed by atoms with E-state index in [1.807, 2.05) is 54.6 Å². The first-order chi connectivity index (χ1) is 12.2. The van der Waals surface area contributed by atoms with Gasteiger partial charge in [0.25, 0.3) is 0 Å². The molecule has 0 radical (unpaired) electrons. The van der Waals surface area contributed by atoms with Gasteiger partial charge in [0.05, 0.1) is 6.61 Å². The standard InChI is InChI=1S/C20H25N3O2/c1-15(21-13-16-11-12-25-14-16)17-7-9-19(10-8-17)23-20(24)22-18-5-3-2-4-6-18/h2-10,15-16,21H,11-14H2,1H3,(H2,22,23,24). The lowest BCUT2D eigenvalue weighted by molar-refractivity contribution is 0.184. The molecule has 3 N–H and O–H groups in total. The van der Waals surface area contributed by atoms with Crippen molar-refractivity contribution in [3.63, 3.8) is 0 Å². The SMILES string of the molecule is CC(NCC1CCOC1)c1ccc(NC(=O)Nc2ccccc2)cc1. The molecule has 3 rings (SSSR count). The van der Waals surface area contributed by atoms with Crippen LogP contribution < -0.4 is 16.0 Å². The lowest BCUT2D eigenvalue weighted by atomic mass is 10.1.